The maximum Gasteiger partial charge on any atom is 0.240 e. The predicted octanol–water partition coefficient (Wildman–Crippen LogP) is 9.34. The van der Waals surface area contributed by atoms with E-state index in [1.165, 1.54) is 0 Å². The van der Waals surface area contributed by atoms with Gasteiger partial charge >= 0.3 is 0 Å². The molecule has 0 fully saturated rings. The van der Waals surface area contributed by atoms with E-state index in [0.717, 1.165) is 22.5 Å². The Balaban J connectivity index is 1.17. The number of ether oxygens (including phenoxy) is 2. The second kappa shape index (κ2) is 15.9. The van der Waals surface area contributed by atoms with Crippen molar-refractivity contribution < 1.29 is 9.47 Å². The van der Waals surface area contributed by atoms with E-state index in [-0.39, 0.29) is 0 Å². The quantitative estimate of drug-likeness (QED) is 0.120. The zero-order chi connectivity index (χ0) is 35.5. The van der Waals surface area contributed by atoms with Gasteiger partial charge in [0.25, 0.3) is 0 Å². The Labute approximate surface area is 302 Å². The lowest BCUT2D eigenvalue weighted by Crippen LogP contribution is -1.98. The van der Waals surface area contributed by atoms with Crippen LogP contribution in [0.15, 0.2) is 158 Å². The van der Waals surface area contributed by atoms with Gasteiger partial charge < -0.3 is 9.47 Å². The van der Waals surface area contributed by atoms with Crippen LogP contribution >= 0.6 is 0 Å². The summed E-state index contributed by atoms with van der Waals surface area (Å²) in [5, 5.41) is 29.9. The van der Waals surface area contributed by atoms with Gasteiger partial charge in [0.1, 0.15) is 13.2 Å². The summed E-state index contributed by atoms with van der Waals surface area (Å²) in [4.78, 5) is 0. The van der Waals surface area contributed by atoms with Gasteiger partial charge in [0, 0.05) is 12.4 Å². The van der Waals surface area contributed by atoms with Crippen LogP contribution in [0.4, 0.5) is 0 Å². The summed E-state index contributed by atoms with van der Waals surface area (Å²) < 4.78 is 15.8. The van der Waals surface area contributed by atoms with Crippen LogP contribution in [-0.4, -0.2) is 19.6 Å². The van der Waals surface area contributed by atoms with Gasteiger partial charge in [-0.3, -0.25) is 0 Å². The third-order valence-electron chi connectivity index (χ3n) is 8.24. The van der Waals surface area contributed by atoms with Gasteiger partial charge in [0.15, 0.2) is 0 Å². The number of hydrogen-bond donors (Lipinski definition) is 0. The minimum absolute atomic E-state index is 0.330. The molecule has 0 radical (unpaired) electrons. The molecule has 0 aliphatic rings. The lowest BCUT2D eigenvalue weighted by molar-refractivity contribution is 0.291. The average molecular weight is 677 g/mol. The van der Waals surface area contributed by atoms with E-state index >= 15 is 0 Å². The van der Waals surface area contributed by atoms with Crippen molar-refractivity contribution in [2.75, 3.05) is 0 Å². The maximum atomic E-state index is 10.3. The summed E-state index contributed by atoms with van der Waals surface area (Å²) in [6.45, 7) is 0.660. The van der Waals surface area contributed by atoms with Crippen molar-refractivity contribution >= 4 is 23.3 Å². The highest BCUT2D eigenvalue weighted by Crippen LogP contribution is 2.29. The Morgan fingerprint density at radius 1 is 0.500 bits per heavy atom. The fourth-order valence-electron chi connectivity index (χ4n) is 5.54. The van der Waals surface area contributed by atoms with E-state index in [2.05, 4.69) is 12.1 Å². The standard InChI is InChI=1S/C44H32N6O2/c45-27-37(25-39-29-49(41-17-9-3-10-18-41)47-43(39)51-31-33-13-5-1-6-14-33)35-21-23-36(24-22-35)38(28-46)26-40-30-50(42-19-11-4-12-20-42)48-44(40)52-32-34-15-7-2-8-16-34/h1-26,29-30H,31-32H2/b37-25+,38-26+. The molecule has 8 nitrogen and oxygen atoms in total. The molecule has 0 amide bonds. The molecule has 5 aromatic carbocycles. The van der Waals surface area contributed by atoms with Crippen molar-refractivity contribution in [3.05, 3.63) is 191 Å². The number of nitrogens with zero attached hydrogens (tertiary/aromatic N) is 6. The Bertz CT molecular complexity index is 2230. The summed E-state index contributed by atoms with van der Waals surface area (Å²) in [7, 11) is 0. The lowest BCUT2D eigenvalue weighted by Gasteiger charge is -2.06. The monoisotopic (exact) mass is 676 g/mol. The van der Waals surface area contributed by atoms with Crippen molar-refractivity contribution in [1.82, 2.24) is 19.6 Å². The van der Waals surface area contributed by atoms with Crippen LogP contribution in [0, 0.1) is 22.7 Å². The molecular formula is C44H32N6O2. The van der Waals surface area contributed by atoms with Gasteiger partial charge in [-0.2, -0.15) is 10.5 Å². The van der Waals surface area contributed by atoms with Gasteiger partial charge in [-0.25, -0.2) is 9.36 Å². The molecule has 7 rings (SSSR count). The van der Waals surface area contributed by atoms with Crippen LogP contribution in [0.1, 0.15) is 33.4 Å². The Kier molecular flexibility index (Phi) is 10.1. The molecule has 8 heteroatoms. The number of allylic oxidation sites excluding steroid dienone is 2. The molecule has 2 heterocycles. The highest BCUT2D eigenvalue weighted by Gasteiger charge is 2.15. The van der Waals surface area contributed by atoms with Crippen LogP contribution < -0.4 is 9.47 Å². The molecule has 0 N–H and O–H groups in total. The molecule has 0 saturated carbocycles. The second-order valence-electron chi connectivity index (χ2n) is 11.8. The number of hydrogen-bond acceptors (Lipinski definition) is 6. The van der Waals surface area contributed by atoms with Crippen LogP contribution in [0.25, 0.3) is 34.7 Å². The van der Waals surface area contributed by atoms with Crippen molar-refractivity contribution in [3.8, 4) is 35.3 Å². The first-order valence-electron chi connectivity index (χ1n) is 16.6. The highest BCUT2D eigenvalue weighted by molar-refractivity contribution is 5.93. The zero-order valence-electron chi connectivity index (χ0n) is 28.1. The van der Waals surface area contributed by atoms with E-state index in [9.17, 15) is 10.5 Å². The average Bonchev–Trinajstić information content (AvgIpc) is 3.82. The molecule has 0 saturated heterocycles. The fraction of sp³-hybridized carbons (Fsp3) is 0.0455. The Hall–Kier alpha value is -7.42. The fourth-order valence-corrected chi connectivity index (χ4v) is 5.54. The SMILES string of the molecule is N#C/C(=C\c1cn(-c2ccccc2)nc1OCc1ccccc1)c1ccc(/C(C#N)=C/c2cn(-c3ccccc3)nc2OCc2ccccc2)cc1. The third kappa shape index (κ3) is 7.89. The van der Waals surface area contributed by atoms with Crippen LogP contribution in [0.5, 0.6) is 11.8 Å². The molecule has 0 aliphatic heterocycles. The van der Waals surface area contributed by atoms with E-state index in [1.807, 2.05) is 158 Å². The summed E-state index contributed by atoms with van der Waals surface area (Å²) in [6.07, 6.45) is 7.25. The van der Waals surface area contributed by atoms with Crippen molar-refractivity contribution in [3.63, 3.8) is 0 Å². The summed E-state index contributed by atoms with van der Waals surface area (Å²) in [5.41, 5.74) is 7.30. The maximum absolute atomic E-state index is 10.3. The summed E-state index contributed by atoms with van der Waals surface area (Å²) in [6, 6.07) is 51.2. The molecule has 52 heavy (non-hydrogen) atoms. The number of para-hydroxylation sites is 2. The van der Waals surface area contributed by atoms with E-state index in [1.54, 1.807) is 21.5 Å². The third-order valence-corrected chi connectivity index (χ3v) is 8.24. The predicted molar refractivity (Wildman–Crippen MR) is 202 cm³/mol. The van der Waals surface area contributed by atoms with Gasteiger partial charge in [0.2, 0.25) is 11.8 Å². The minimum atomic E-state index is 0.330. The first kappa shape index (κ1) is 33.1. The molecule has 0 unspecified atom stereocenters. The molecule has 2 aromatic heterocycles. The smallest absolute Gasteiger partial charge is 0.240 e. The number of rotatable bonds is 12. The first-order chi connectivity index (χ1) is 25.7. The molecule has 0 aliphatic carbocycles. The van der Waals surface area contributed by atoms with Crippen LogP contribution in [0.2, 0.25) is 0 Å². The topological polar surface area (TPSA) is 102 Å². The van der Waals surface area contributed by atoms with Gasteiger partial charge in [-0.1, -0.05) is 121 Å². The Morgan fingerprint density at radius 2 is 0.846 bits per heavy atom. The summed E-state index contributed by atoms with van der Waals surface area (Å²) >= 11 is 0. The number of nitriles is 2. The highest BCUT2D eigenvalue weighted by atomic mass is 16.5. The summed E-state index contributed by atoms with van der Waals surface area (Å²) in [5.74, 6) is 0.821. The van der Waals surface area contributed by atoms with Gasteiger partial charge in [-0.15, -0.1) is 10.2 Å². The van der Waals surface area contributed by atoms with Crippen LogP contribution in [-0.2, 0) is 13.2 Å². The zero-order valence-corrected chi connectivity index (χ0v) is 28.1. The van der Waals surface area contributed by atoms with Crippen LogP contribution in [0.3, 0.4) is 0 Å². The molecule has 0 bridgehead atoms. The minimum Gasteiger partial charge on any atom is -0.471 e. The number of aromatic nitrogens is 4. The molecule has 250 valence electrons. The van der Waals surface area contributed by atoms with Crippen molar-refractivity contribution in [2.45, 2.75) is 13.2 Å². The molecular weight excluding hydrogens is 645 g/mol. The van der Waals surface area contributed by atoms with Gasteiger partial charge in [-0.05, 0) is 58.7 Å². The van der Waals surface area contributed by atoms with E-state index in [4.69, 9.17) is 19.7 Å². The van der Waals surface area contributed by atoms with Crippen molar-refractivity contribution in [2.24, 2.45) is 0 Å². The van der Waals surface area contributed by atoms with Crippen molar-refractivity contribution in [1.29, 1.82) is 10.5 Å². The van der Waals surface area contributed by atoms with Gasteiger partial charge in [0.05, 0.1) is 45.8 Å². The van der Waals surface area contributed by atoms with E-state index in [0.29, 0.717) is 58.4 Å². The van der Waals surface area contributed by atoms with E-state index < -0.39 is 0 Å². The first-order valence-corrected chi connectivity index (χ1v) is 16.6. The largest absolute Gasteiger partial charge is 0.471 e. The second-order valence-corrected chi connectivity index (χ2v) is 11.8. The molecule has 0 atom stereocenters. The lowest BCUT2D eigenvalue weighted by atomic mass is 9.99. The molecule has 7 aromatic rings. The molecule has 0 spiro atoms. The number of benzene rings is 5. The Morgan fingerprint density at radius 3 is 1.19 bits per heavy atom. The normalized spacial score (nSPS) is 11.4.